The Labute approximate surface area is 268 Å². The molecule has 0 N–H and O–H groups in total. The smallest absolute Gasteiger partial charge is 0.200 e. The standard InChI is InChI=1S/C33H64O6S2Si/c1-23(2)42(24(3)4,25(5)6)37-21-27(8)18-28(9)33(40-16-13-17-41-33)20-30-31(36-22-35-12)29(19-26(7)14-15-34)38-32(10,11)39-30/h15,23-31H,13-14,16-22H2,1-12H3/t26-,27-,28+,29-,30-,31-/m1/s1. The van der Waals surface area contributed by atoms with Crippen molar-refractivity contribution in [1.82, 2.24) is 0 Å². The van der Waals surface area contributed by atoms with Gasteiger partial charge in [-0.05, 0) is 79.0 Å². The minimum Gasteiger partial charge on any atom is -0.416 e. The molecule has 0 spiro atoms. The Morgan fingerprint density at radius 2 is 1.48 bits per heavy atom. The first-order valence-corrected chi connectivity index (χ1v) is 20.6. The SMILES string of the molecule is COCO[C@@H]1[C@@H](C[C@H](C)CC=O)OC(C)(C)O[C@@H]1CC1([C@@H](C)C[C@@H](C)CO[Si](C(C)C)(C(C)C)C(C)C)SCCCS1. The van der Waals surface area contributed by atoms with E-state index in [0.29, 0.717) is 34.9 Å². The van der Waals surface area contributed by atoms with Crippen LogP contribution < -0.4 is 0 Å². The number of rotatable bonds is 18. The molecule has 9 heteroatoms. The summed E-state index contributed by atoms with van der Waals surface area (Å²) < 4.78 is 31.9. The first-order chi connectivity index (χ1) is 19.6. The summed E-state index contributed by atoms with van der Waals surface area (Å²) in [6, 6.07) is 0. The van der Waals surface area contributed by atoms with Crippen LogP contribution in [0.1, 0.15) is 108 Å². The summed E-state index contributed by atoms with van der Waals surface area (Å²) in [5.74, 6) is 2.78. The molecule has 0 unspecified atom stereocenters. The lowest BCUT2D eigenvalue weighted by molar-refractivity contribution is -0.347. The Hall–Kier alpha value is 0.387. The van der Waals surface area contributed by atoms with Crippen molar-refractivity contribution in [3.8, 4) is 0 Å². The van der Waals surface area contributed by atoms with Gasteiger partial charge in [-0.25, -0.2) is 0 Å². The number of hydrogen-bond donors (Lipinski definition) is 0. The lowest BCUT2D eigenvalue weighted by Gasteiger charge is -2.50. The van der Waals surface area contributed by atoms with Gasteiger partial charge < -0.3 is 28.2 Å². The van der Waals surface area contributed by atoms with Gasteiger partial charge in [0.1, 0.15) is 19.2 Å². The molecule has 6 atom stereocenters. The molecule has 42 heavy (non-hydrogen) atoms. The molecule has 0 amide bonds. The molecule has 0 aromatic heterocycles. The molecule has 2 aliphatic heterocycles. The van der Waals surface area contributed by atoms with Gasteiger partial charge in [-0.1, -0.05) is 62.3 Å². The van der Waals surface area contributed by atoms with Crippen LogP contribution in [0, 0.1) is 17.8 Å². The third-order valence-electron chi connectivity index (χ3n) is 9.41. The third kappa shape index (κ3) is 10.2. The van der Waals surface area contributed by atoms with Gasteiger partial charge in [0.15, 0.2) is 14.1 Å². The second-order valence-corrected chi connectivity index (χ2v) is 23.0. The lowest BCUT2D eigenvalue weighted by atomic mass is 9.87. The van der Waals surface area contributed by atoms with Crippen LogP contribution in [-0.2, 0) is 28.2 Å². The maximum absolute atomic E-state index is 11.2. The van der Waals surface area contributed by atoms with E-state index < -0.39 is 14.1 Å². The van der Waals surface area contributed by atoms with E-state index in [1.807, 2.05) is 13.8 Å². The van der Waals surface area contributed by atoms with Gasteiger partial charge in [-0.2, -0.15) is 0 Å². The van der Waals surface area contributed by atoms with Gasteiger partial charge in [0.05, 0.1) is 16.3 Å². The van der Waals surface area contributed by atoms with E-state index in [-0.39, 0.29) is 35.1 Å². The highest BCUT2D eigenvalue weighted by atomic mass is 32.2. The Kier molecular flexibility index (Phi) is 15.9. The summed E-state index contributed by atoms with van der Waals surface area (Å²) in [4.78, 5) is 11.2. The number of methoxy groups -OCH3 is 1. The Balaban J connectivity index is 2.27. The maximum atomic E-state index is 11.2. The minimum absolute atomic E-state index is 0.0287. The largest absolute Gasteiger partial charge is 0.416 e. The molecule has 0 bridgehead atoms. The molecule has 2 heterocycles. The van der Waals surface area contributed by atoms with E-state index in [4.69, 9.17) is 23.4 Å². The summed E-state index contributed by atoms with van der Waals surface area (Å²) in [6.45, 7) is 26.2. The lowest BCUT2D eigenvalue weighted by Crippen LogP contribution is -2.57. The summed E-state index contributed by atoms with van der Waals surface area (Å²) in [7, 11) is -0.239. The van der Waals surface area contributed by atoms with Crippen LogP contribution in [-0.4, -0.2) is 74.8 Å². The highest BCUT2D eigenvalue weighted by Crippen LogP contribution is 2.54. The Morgan fingerprint density at radius 1 is 0.905 bits per heavy atom. The molecule has 0 aromatic rings. The highest BCUT2D eigenvalue weighted by Gasteiger charge is 2.50. The second-order valence-electron chi connectivity index (χ2n) is 14.4. The van der Waals surface area contributed by atoms with Crippen molar-refractivity contribution in [3.63, 3.8) is 0 Å². The van der Waals surface area contributed by atoms with Crippen molar-refractivity contribution in [1.29, 1.82) is 0 Å². The average Bonchev–Trinajstić information content (AvgIpc) is 2.88. The number of aldehydes is 1. The average molecular weight is 649 g/mol. The molecule has 6 nitrogen and oxygen atoms in total. The predicted octanol–water partition coefficient (Wildman–Crippen LogP) is 8.92. The molecular formula is C33H64O6S2Si. The number of carbonyl (C=O) groups excluding carboxylic acids is 1. The fraction of sp³-hybridized carbons (Fsp3) is 0.970. The van der Waals surface area contributed by atoms with Crippen molar-refractivity contribution in [2.24, 2.45) is 17.8 Å². The van der Waals surface area contributed by atoms with Crippen molar-refractivity contribution in [3.05, 3.63) is 0 Å². The normalized spacial score (nSPS) is 26.9. The van der Waals surface area contributed by atoms with Gasteiger partial charge in [-0.3, -0.25) is 0 Å². The number of thioether (sulfide) groups is 2. The summed E-state index contributed by atoms with van der Waals surface area (Å²) >= 11 is 4.24. The topological polar surface area (TPSA) is 63.2 Å². The van der Waals surface area contributed by atoms with E-state index in [1.165, 1.54) is 17.9 Å². The minimum atomic E-state index is -1.89. The van der Waals surface area contributed by atoms with Crippen LogP contribution in [0.15, 0.2) is 0 Å². The summed E-state index contributed by atoms with van der Waals surface area (Å²) in [5, 5.41) is 0. The maximum Gasteiger partial charge on any atom is 0.200 e. The zero-order valence-electron chi connectivity index (χ0n) is 28.9. The first kappa shape index (κ1) is 38.6. The van der Waals surface area contributed by atoms with E-state index in [1.54, 1.807) is 7.11 Å². The molecule has 0 saturated carbocycles. The molecule has 248 valence electrons. The predicted molar refractivity (Wildman–Crippen MR) is 182 cm³/mol. The quantitative estimate of drug-likeness (QED) is 0.0830. The van der Waals surface area contributed by atoms with E-state index in [9.17, 15) is 4.79 Å². The summed E-state index contributed by atoms with van der Waals surface area (Å²) in [6.07, 6.45) is 4.97. The van der Waals surface area contributed by atoms with E-state index in [2.05, 4.69) is 85.8 Å². The van der Waals surface area contributed by atoms with Gasteiger partial charge in [0, 0.05) is 26.6 Å². The van der Waals surface area contributed by atoms with Crippen molar-refractivity contribution in [2.45, 2.75) is 153 Å². The molecule has 2 saturated heterocycles. The van der Waals surface area contributed by atoms with Gasteiger partial charge in [0.2, 0.25) is 0 Å². The molecule has 0 radical (unpaired) electrons. The monoisotopic (exact) mass is 648 g/mol. The Morgan fingerprint density at radius 3 is 2.00 bits per heavy atom. The number of ether oxygens (including phenoxy) is 4. The van der Waals surface area contributed by atoms with Gasteiger partial charge in [-0.15, -0.1) is 23.5 Å². The zero-order chi connectivity index (χ0) is 31.7. The van der Waals surface area contributed by atoms with Gasteiger partial charge in [0.25, 0.3) is 0 Å². The second kappa shape index (κ2) is 17.3. The molecule has 2 rings (SSSR count). The van der Waals surface area contributed by atoms with Crippen LogP contribution in [0.3, 0.4) is 0 Å². The van der Waals surface area contributed by atoms with Crippen molar-refractivity contribution >= 4 is 38.1 Å². The van der Waals surface area contributed by atoms with Crippen molar-refractivity contribution in [2.75, 3.05) is 32.0 Å². The third-order valence-corrected chi connectivity index (χ3v) is 19.3. The molecule has 0 aliphatic carbocycles. The first-order valence-electron chi connectivity index (χ1n) is 16.5. The molecule has 0 aromatic carbocycles. The van der Waals surface area contributed by atoms with E-state index in [0.717, 1.165) is 32.2 Å². The molecule has 2 aliphatic rings. The summed E-state index contributed by atoms with van der Waals surface area (Å²) in [5.41, 5.74) is 1.79. The van der Waals surface area contributed by atoms with E-state index >= 15 is 0 Å². The fourth-order valence-corrected chi connectivity index (χ4v) is 16.8. The van der Waals surface area contributed by atoms with Crippen LogP contribution in [0.4, 0.5) is 0 Å². The Bertz CT molecular complexity index is 767. The zero-order valence-corrected chi connectivity index (χ0v) is 31.5. The molecular weight excluding hydrogens is 585 g/mol. The van der Waals surface area contributed by atoms with Crippen LogP contribution in [0.5, 0.6) is 0 Å². The molecule has 2 fully saturated rings. The van der Waals surface area contributed by atoms with Crippen LogP contribution in [0.25, 0.3) is 0 Å². The number of hydrogen-bond acceptors (Lipinski definition) is 8. The van der Waals surface area contributed by atoms with Crippen LogP contribution >= 0.6 is 23.5 Å². The number of carbonyl (C=O) groups is 1. The van der Waals surface area contributed by atoms with Crippen molar-refractivity contribution < 1.29 is 28.2 Å². The van der Waals surface area contributed by atoms with Gasteiger partial charge >= 0.3 is 0 Å². The van der Waals surface area contributed by atoms with Crippen LogP contribution in [0.2, 0.25) is 16.6 Å². The highest BCUT2D eigenvalue weighted by molar-refractivity contribution is 8.18. The fourth-order valence-electron chi connectivity index (χ4n) is 7.60.